The fraction of sp³-hybridized carbons (Fsp3) is 0.0625. The van der Waals surface area contributed by atoms with Gasteiger partial charge in [0.2, 0.25) is 0 Å². The molecule has 0 saturated carbocycles. The number of hydrogen-bond acceptors (Lipinski definition) is 3. The smallest absolute Gasteiger partial charge is 0.268 e. The molecule has 0 N–H and O–H groups in total. The lowest BCUT2D eigenvalue weighted by Gasteiger charge is -2.17. The highest BCUT2D eigenvalue weighted by atomic mass is 19.4. The Balaban J connectivity index is 2.18. The summed E-state index contributed by atoms with van der Waals surface area (Å²) in [6, 6.07) is 9.94. The highest BCUT2D eigenvalue weighted by Crippen LogP contribution is 2.36. The molecule has 23 heavy (non-hydrogen) atoms. The minimum Gasteiger partial charge on any atom is -0.268 e. The molecule has 0 atom stereocenters. The fourth-order valence-corrected chi connectivity index (χ4v) is 2.40. The molecule has 1 aliphatic rings. The highest BCUT2D eigenvalue weighted by Gasteiger charge is 2.39. The summed E-state index contributed by atoms with van der Waals surface area (Å²) in [4.78, 5) is 25.3. The third-order valence-corrected chi connectivity index (χ3v) is 3.48. The summed E-state index contributed by atoms with van der Waals surface area (Å²) < 4.78 is 38.6. The number of carbonyl (C=O) groups is 2. The van der Waals surface area contributed by atoms with Crippen molar-refractivity contribution < 1.29 is 22.8 Å². The number of carbonyl (C=O) groups excluding carboxylic acids is 2. The molecule has 2 aromatic carbocycles. The molecule has 3 rings (SSSR count). The predicted octanol–water partition coefficient (Wildman–Crippen LogP) is 3.38. The van der Waals surface area contributed by atoms with Crippen LogP contribution in [0.2, 0.25) is 0 Å². The Hall–Kier alpha value is -3.14. The van der Waals surface area contributed by atoms with Gasteiger partial charge in [-0.25, -0.2) is 4.90 Å². The van der Waals surface area contributed by atoms with Crippen LogP contribution in [0.4, 0.5) is 18.9 Å². The first kappa shape index (κ1) is 14.8. The molecule has 7 heteroatoms. The zero-order valence-corrected chi connectivity index (χ0v) is 11.4. The van der Waals surface area contributed by atoms with E-state index in [-0.39, 0.29) is 22.4 Å². The Morgan fingerprint density at radius 3 is 2.00 bits per heavy atom. The van der Waals surface area contributed by atoms with Gasteiger partial charge in [0.15, 0.2) is 0 Å². The standard InChI is InChI=1S/C16H7F3N2O2/c17-16(18,19)10-6-5-9(8-20)13(7-10)21-14(22)11-3-1-2-4-12(11)15(21)23/h1-7H. The zero-order valence-electron chi connectivity index (χ0n) is 11.4. The third kappa shape index (κ3) is 2.25. The maximum atomic E-state index is 12.9. The lowest BCUT2D eigenvalue weighted by Crippen LogP contribution is -2.30. The fourth-order valence-electron chi connectivity index (χ4n) is 2.40. The van der Waals surface area contributed by atoms with E-state index in [9.17, 15) is 22.8 Å². The van der Waals surface area contributed by atoms with Crippen LogP contribution < -0.4 is 4.90 Å². The van der Waals surface area contributed by atoms with Crippen molar-refractivity contribution in [3.8, 4) is 6.07 Å². The third-order valence-electron chi connectivity index (χ3n) is 3.48. The number of amides is 2. The highest BCUT2D eigenvalue weighted by molar-refractivity contribution is 6.34. The van der Waals surface area contributed by atoms with Crippen LogP contribution in [0, 0.1) is 11.3 Å². The second-order valence-electron chi connectivity index (χ2n) is 4.83. The van der Waals surface area contributed by atoms with Crippen molar-refractivity contribution >= 4 is 17.5 Å². The van der Waals surface area contributed by atoms with Gasteiger partial charge in [-0.15, -0.1) is 0 Å². The predicted molar refractivity (Wildman–Crippen MR) is 73.7 cm³/mol. The summed E-state index contributed by atoms with van der Waals surface area (Å²) in [6.07, 6.45) is -4.65. The Kier molecular flexibility index (Phi) is 3.18. The van der Waals surface area contributed by atoms with Crippen molar-refractivity contribution in [2.24, 2.45) is 0 Å². The number of rotatable bonds is 1. The molecule has 2 amide bonds. The van der Waals surface area contributed by atoms with Crippen molar-refractivity contribution in [3.05, 3.63) is 64.7 Å². The molecule has 4 nitrogen and oxygen atoms in total. The van der Waals surface area contributed by atoms with Crippen molar-refractivity contribution in [2.75, 3.05) is 4.90 Å². The number of nitriles is 1. The van der Waals surface area contributed by atoms with Crippen LogP contribution in [-0.2, 0) is 6.18 Å². The van der Waals surface area contributed by atoms with E-state index >= 15 is 0 Å². The summed E-state index contributed by atoms with van der Waals surface area (Å²) >= 11 is 0. The molecular weight excluding hydrogens is 309 g/mol. The first-order valence-corrected chi connectivity index (χ1v) is 6.44. The van der Waals surface area contributed by atoms with Gasteiger partial charge in [0.25, 0.3) is 11.8 Å². The molecule has 0 unspecified atom stereocenters. The second-order valence-corrected chi connectivity index (χ2v) is 4.83. The van der Waals surface area contributed by atoms with Gasteiger partial charge in [-0.1, -0.05) is 12.1 Å². The van der Waals surface area contributed by atoms with Crippen LogP contribution in [0.15, 0.2) is 42.5 Å². The summed E-state index contributed by atoms with van der Waals surface area (Å²) in [5.41, 5.74) is -1.40. The quantitative estimate of drug-likeness (QED) is 0.758. The van der Waals surface area contributed by atoms with Gasteiger partial charge in [0, 0.05) is 0 Å². The molecule has 0 bridgehead atoms. The number of anilines is 1. The van der Waals surface area contributed by atoms with E-state index in [4.69, 9.17) is 5.26 Å². The number of halogens is 3. The van der Waals surface area contributed by atoms with Crippen LogP contribution in [0.25, 0.3) is 0 Å². The maximum Gasteiger partial charge on any atom is 0.416 e. The minimum atomic E-state index is -4.65. The van der Waals surface area contributed by atoms with Gasteiger partial charge in [0.1, 0.15) is 6.07 Å². The van der Waals surface area contributed by atoms with Crippen molar-refractivity contribution in [1.29, 1.82) is 5.26 Å². The Morgan fingerprint density at radius 2 is 1.52 bits per heavy atom. The molecule has 0 aromatic heterocycles. The number of fused-ring (bicyclic) bond motifs is 1. The van der Waals surface area contributed by atoms with E-state index in [1.54, 1.807) is 18.2 Å². The van der Waals surface area contributed by atoms with Crippen LogP contribution in [0.3, 0.4) is 0 Å². The number of benzene rings is 2. The molecule has 1 aliphatic heterocycles. The van der Waals surface area contributed by atoms with Crippen molar-refractivity contribution in [1.82, 2.24) is 0 Å². The Labute approximate surface area is 128 Å². The summed E-state index contributed by atoms with van der Waals surface area (Å²) in [7, 11) is 0. The van der Waals surface area contributed by atoms with Gasteiger partial charge in [0.05, 0.1) is 27.9 Å². The van der Waals surface area contributed by atoms with Crippen molar-refractivity contribution in [2.45, 2.75) is 6.18 Å². The molecule has 2 aromatic rings. The van der Waals surface area contributed by atoms with Crippen LogP contribution in [0.1, 0.15) is 31.8 Å². The lowest BCUT2D eigenvalue weighted by atomic mass is 10.1. The molecule has 0 saturated heterocycles. The molecule has 0 radical (unpaired) electrons. The van der Waals surface area contributed by atoms with Gasteiger partial charge in [-0.2, -0.15) is 18.4 Å². The summed E-state index contributed by atoms with van der Waals surface area (Å²) in [6.45, 7) is 0. The van der Waals surface area contributed by atoms with E-state index in [0.717, 1.165) is 12.1 Å². The second kappa shape index (κ2) is 4.95. The van der Waals surface area contributed by atoms with Gasteiger partial charge in [-0.05, 0) is 30.3 Å². The maximum absolute atomic E-state index is 12.9. The zero-order chi connectivity index (χ0) is 16.8. The van der Waals surface area contributed by atoms with E-state index in [1.165, 1.54) is 12.1 Å². The van der Waals surface area contributed by atoms with Crippen LogP contribution in [0.5, 0.6) is 0 Å². The molecule has 114 valence electrons. The van der Waals surface area contributed by atoms with Crippen molar-refractivity contribution in [3.63, 3.8) is 0 Å². The van der Waals surface area contributed by atoms with Crippen LogP contribution >= 0.6 is 0 Å². The molecule has 0 aliphatic carbocycles. The average Bonchev–Trinajstić information content (AvgIpc) is 2.78. The van der Waals surface area contributed by atoms with Gasteiger partial charge >= 0.3 is 6.18 Å². The topological polar surface area (TPSA) is 61.2 Å². The van der Waals surface area contributed by atoms with E-state index < -0.39 is 23.6 Å². The number of alkyl halides is 3. The average molecular weight is 316 g/mol. The Bertz CT molecular complexity index is 847. The van der Waals surface area contributed by atoms with Gasteiger partial charge < -0.3 is 0 Å². The number of nitrogens with zero attached hydrogens (tertiary/aromatic N) is 2. The lowest BCUT2D eigenvalue weighted by molar-refractivity contribution is -0.137. The number of hydrogen-bond donors (Lipinski definition) is 0. The summed E-state index contributed by atoms with van der Waals surface area (Å²) in [5, 5.41) is 9.08. The number of imide groups is 1. The van der Waals surface area contributed by atoms with E-state index in [2.05, 4.69) is 0 Å². The minimum absolute atomic E-state index is 0.0961. The Morgan fingerprint density at radius 1 is 0.957 bits per heavy atom. The largest absolute Gasteiger partial charge is 0.416 e. The molecule has 1 heterocycles. The van der Waals surface area contributed by atoms with Gasteiger partial charge in [-0.3, -0.25) is 9.59 Å². The van der Waals surface area contributed by atoms with E-state index in [1.807, 2.05) is 0 Å². The first-order valence-electron chi connectivity index (χ1n) is 6.44. The molecule has 0 fully saturated rings. The first-order chi connectivity index (χ1) is 10.8. The molecular formula is C16H7F3N2O2. The normalized spacial score (nSPS) is 13.9. The monoisotopic (exact) mass is 316 g/mol. The summed E-state index contributed by atoms with van der Waals surface area (Å²) in [5.74, 6) is -1.50. The molecule has 0 spiro atoms. The SMILES string of the molecule is N#Cc1ccc(C(F)(F)F)cc1N1C(=O)c2ccccc2C1=O. The van der Waals surface area contributed by atoms with E-state index in [0.29, 0.717) is 11.0 Å². The van der Waals surface area contributed by atoms with Crippen LogP contribution in [-0.4, -0.2) is 11.8 Å².